The van der Waals surface area contributed by atoms with Crippen LogP contribution in [0.2, 0.25) is 0 Å². The molecule has 1 aromatic carbocycles. The van der Waals surface area contributed by atoms with Crippen molar-refractivity contribution in [1.29, 1.82) is 0 Å². The summed E-state index contributed by atoms with van der Waals surface area (Å²) in [6, 6.07) is 12.0. The molecule has 5 heteroatoms. The van der Waals surface area contributed by atoms with Gasteiger partial charge in [-0.25, -0.2) is 4.79 Å². The fraction of sp³-hybridized carbons (Fsp3) is 0.353. The standard InChI is InChI=1S/C17H20BrN3O/c1-2-4-16-15-5-3-10-20(15)11-12-21(16)17(22)19-14-8-6-13(18)7-9-14/h3,5-10,16H,2,4,11-12H2,1H3,(H,19,22). The molecule has 2 aromatic rings. The second-order valence-corrected chi connectivity index (χ2v) is 6.48. The third kappa shape index (κ3) is 3.04. The monoisotopic (exact) mass is 361 g/mol. The minimum absolute atomic E-state index is 0.0202. The lowest BCUT2D eigenvalue weighted by molar-refractivity contribution is 0.163. The molecule has 1 aromatic heterocycles. The van der Waals surface area contributed by atoms with Gasteiger partial charge in [-0.15, -0.1) is 0 Å². The van der Waals surface area contributed by atoms with Crippen LogP contribution in [-0.4, -0.2) is 22.0 Å². The van der Waals surface area contributed by atoms with Gasteiger partial charge in [0.05, 0.1) is 6.04 Å². The van der Waals surface area contributed by atoms with E-state index in [1.165, 1.54) is 5.69 Å². The van der Waals surface area contributed by atoms with E-state index < -0.39 is 0 Å². The van der Waals surface area contributed by atoms with Gasteiger partial charge in [0.15, 0.2) is 0 Å². The van der Waals surface area contributed by atoms with Crippen molar-refractivity contribution in [2.75, 3.05) is 11.9 Å². The average Bonchev–Trinajstić information content (AvgIpc) is 2.99. The smallest absolute Gasteiger partial charge is 0.322 e. The van der Waals surface area contributed by atoms with Crippen LogP contribution in [-0.2, 0) is 6.54 Å². The van der Waals surface area contributed by atoms with Gasteiger partial charge in [-0.05, 0) is 42.8 Å². The van der Waals surface area contributed by atoms with Gasteiger partial charge in [0.1, 0.15) is 0 Å². The van der Waals surface area contributed by atoms with E-state index in [1.54, 1.807) is 0 Å². The zero-order valence-electron chi connectivity index (χ0n) is 12.6. The van der Waals surface area contributed by atoms with Gasteiger partial charge in [-0.1, -0.05) is 29.3 Å². The summed E-state index contributed by atoms with van der Waals surface area (Å²) in [6.45, 7) is 3.76. The third-order valence-electron chi connectivity index (χ3n) is 4.08. The van der Waals surface area contributed by atoms with E-state index in [1.807, 2.05) is 29.2 Å². The van der Waals surface area contributed by atoms with Crippen molar-refractivity contribution in [1.82, 2.24) is 9.47 Å². The van der Waals surface area contributed by atoms with Gasteiger partial charge in [-0.2, -0.15) is 0 Å². The number of aromatic nitrogens is 1. The Kier molecular flexibility index (Phi) is 4.52. The summed E-state index contributed by atoms with van der Waals surface area (Å²) in [5.74, 6) is 0. The Labute approximate surface area is 139 Å². The number of fused-ring (bicyclic) bond motifs is 1. The number of halogens is 1. The van der Waals surface area contributed by atoms with Gasteiger partial charge < -0.3 is 14.8 Å². The van der Waals surface area contributed by atoms with Crippen molar-refractivity contribution in [3.63, 3.8) is 0 Å². The number of nitrogens with one attached hydrogen (secondary N) is 1. The number of hydrogen-bond donors (Lipinski definition) is 1. The molecule has 0 saturated heterocycles. The maximum Gasteiger partial charge on any atom is 0.322 e. The molecule has 1 aliphatic rings. The number of rotatable bonds is 3. The summed E-state index contributed by atoms with van der Waals surface area (Å²) in [5.41, 5.74) is 2.06. The van der Waals surface area contributed by atoms with Gasteiger partial charge in [0.2, 0.25) is 0 Å². The second-order valence-electron chi connectivity index (χ2n) is 5.56. The van der Waals surface area contributed by atoms with Crippen molar-refractivity contribution in [3.8, 4) is 0 Å². The highest BCUT2D eigenvalue weighted by molar-refractivity contribution is 9.10. The number of benzene rings is 1. The van der Waals surface area contributed by atoms with Crippen molar-refractivity contribution in [2.24, 2.45) is 0 Å². The predicted octanol–water partition coefficient (Wildman–Crippen LogP) is 4.64. The number of amides is 2. The van der Waals surface area contributed by atoms with E-state index in [4.69, 9.17) is 0 Å². The molecular formula is C17H20BrN3O. The molecular weight excluding hydrogens is 342 g/mol. The van der Waals surface area contributed by atoms with Gasteiger partial charge in [0, 0.05) is 35.1 Å². The molecule has 22 heavy (non-hydrogen) atoms. The van der Waals surface area contributed by atoms with Crippen molar-refractivity contribution >= 4 is 27.6 Å². The number of anilines is 1. The SMILES string of the molecule is CCCC1c2cccn2CCN1C(=O)Nc1ccc(Br)cc1. The molecule has 0 fully saturated rings. The summed E-state index contributed by atoms with van der Waals surface area (Å²) in [5, 5.41) is 3.01. The van der Waals surface area contributed by atoms with E-state index in [-0.39, 0.29) is 12.1 Å². The Balaban J connectivity index is 1.77. The van der Waals surface area contributed by atoms with Crippen LogP contribution in [0, 0.1) is 0 Å². The van der Waals surface area contributed by atoms with Crippen LogP contribution in [0.3, 0.4) is 0 Å². The van der Waals surface area contributed by atoms with Crippen molar-refractivity contribution < 1.29 is 4.79 Å². The van der Waals surface area contributed by atoms with Crippen molar-refractivity contribution in [3.05, 3.63) is 52.8 Å². The summed E-state index contributed by atoms with van der Waals surface area (Å²) in [7, 11) is 0. The quantitative estimate of drug-likeness (QED) is 0.849. The van der Waals surface area contributed by atoms with Crippen LogP contribution in [0.5, 0.6) is 0 Å². The largest absolute Gasteiger partial charge is 0.348 e. The molecule has 0 aliphatic carbocycles. The number of urea groups is 1. The molecule has 1 unspecified atom stereocenters. The molecule has 2 amide bonds. The minimum Gasteiger partial charge on any atom is -0.348 e. The lowest BCUT2D eigenvalue weighted by Gasteiger charge is -2.37. The Morgan fingerprint density at radius 1 is 1.27 bits per heavy atom. The molecule has 4 nitrogen and oxygen atoms in total. The lowest BCUT2D eigenvalue weighted by Crippen LogP contribution is -2.44. The first-order valence-corrected chi connectivity index (χ1v) is 8.46. The molecule has 0 bridgehead atoms. The highest BCUT2D eigenvalue weighted by atomic mass is 79.9. The topological polar surface area (TPSA) is 37.3 Å². The van der Waals surface area contributed by atoms with Gasteiger partial charge in [-0.3, -0.25) is 0 Å². The average molecular weight is 362 g/mol. The van der Waals surface area contributed by atoms with E-state index in [9.17, 15) is 4.79 Å². The van der Waals surface area contributed by atoms with E-state index >= 15 is 0 Å². The van der Waals surface area contributed by atoms with Crippen LogP contribution in [0.1, 0.15) is 31.5 Å². The molecule has 1 aliphatic heterocycles. The number of hydrogen-bond acceptors (Lipinski definition) is 1. The normalized spacial score (nSPS) is 17.2. The number of carbonyl (C=O) groups excluding carboxylic acids is 1. The zero-order chi connectivity index (χ0) is 15.5. The highest BCUT2D eigenvalue weighted by Gasteiger charge is 2.30. The predicted molar refractivity (Wildman–Crippen MR) is 91.9 cm³/mol. The van der Waals surface area contributed by atoms with E-state index in [2.05, 4.69) is 51.1 Å². The van der Waals surface area contributed by atoms with E-state index in [0.717, 1.165) is 36.1 Å². The number of carbonyl (C=O) groups is 1. The summed E-state index contributed by atoms with van der Waals surface area (Å²) in [6.07, 6.45) is 4.14. The molecule has 0 spiro atoms. The van der Waals surface area contributed by atoms with E-state index in [0.29, 0.717) is 0 Å². The molecule has 0 radical (unpaired) electrons. The molecule has 3 rings (SSSR count). The zero-order valence-corrected chi connectivity index (χ0v) is 14.2. The first-order valence-electron chi connectivity index (χ1n) is 7.67. The Morgan fingerprint density at radius 2 is 2.05 bits per heavy atom. The first kappa shape index (κ1) is 15.2. The molecule has 116 valence electrons. The Hall–Kier alpha value is -1.75. The van der Waals surface area contributed by atoms with Crippen LogP contribution >= 0.6 is 15.9 Å². The lowest BCUT2D eigenvalue weighted by atomic mass is 10.0. The number of nitrogens with zero attached hydrogens (tertiary/aromatic N) is 2. The first-order chi connectivity index (χ1) is 10.7. The van der Waals surface area contributed by atoms with Crippen LogP contribution in [0.4, 0.5) is 10.5 Å². The van der Waals surface area contributed by atoms with Crippen molar-refractivity contribution in [2.45, 2.75) is 32.4 Å². The molecule has 1 atom stereocenters. The highest BCUT2D eigenvalue weighted by Crippen LogP contribution is 2.30. The third-order valence-corrected chi connectivity index (χ3v) is 4.61. The molecule has 2 heterocycles. The Bertz CT molecular complexity index is 650. The summed E-state index contributed by atoms with van der Waals surface area (Å²) in [4.78, 5) is 14.6. The van der Waals surface area contributed by atoms with Crippen LogP contribution in [0.25, 0.3) is 0 Å². The van der Waals surface area contributed by atoms with Gasteiger partial charge >= 0.3 is 6.03 Å². The van der Waals surface area contributed by atoms with Gasteiger partial charge in [0.25, 0.3) is 0 Å². The molecule has 1 N–H and O–H groups in total. The maximum atomic E-state index is 12.7. The minimum atomic E-state index is -0.0202. The molecule has 0 saturated carbocycles. The fourth-order valence-corrected chi connectivity index (χ4v) is 3.28. The second kappa shape index (κ2) is 6.57. The fourth-order valence-electron chi connectivity index (χ4n) is 3.01. The maximum absolute atomic E-state index is 12.7. The Morgan fingerprint density at radius 3 is 2.77 bits per heavy atom. The summed E-state index contributed by atoms with van der Waals surface area (Å²) < 4.78 is 3.26. The van der Waals surface area contributed by atoms with Crippen LogP contribution in [0.15, 0.2) is 47.1 Å². The summed E-state index contributed by atoms with van der Waals surface area (Å²) >= 11 is 3.41. The van der Waals surface area contributed by atoms with Crippen LogP contribution < -0.4 is 5.32 Å².